The highest BCUT2D eigenvalue weighted by molar-refractivity contribution is 6.55. The number of nitriles is 1. The van der Waals surface area contributed by atoms with Crippen LogP contribution in [0.2, 0.25) is 20.1 Å². The maximum Gasteiger partial charge on any atom is 0.263 e. The lowest BCUT2D eigenvalue weighted by Gasteiger charge is -2.13. The summed E-state index contributed by atoms with van der Waals surface area (Å²) in [7, 11) is 0. The van der Waals surface area contributed by atoms with Crippen LogP contribution in [0.1, 0.15) is 31.8 Å². The fourth-order valence-electron chi connectivity index (χ4n) is 2.41. The minimum absolute atomic E-state index is 0.0138. The van der Waals surface area contributed by atoms with Crippen LogP contribution in [0.4, 0.5) is 0 Å². The zero-order valence-electron chi connectivity index (χ0n) is 11.7. The highest BCUT2D eigenvalue weighted by Crippen LogP contribution is 2.45. The van der Waals surface area contributed by atoms with Gasteiger partial charge in [0.2, 0.25) is 0 Å². The van der Waals surface area contributed by atoms with Gasteiger partial charge in [-0.05, 0) is 17.7 Å². The normalized spacial score (nSPS) is 13.2. The van der Waals surface area contributed by atoms with Gasteiger partial charge >= 0.3 is 0 Å². The van der Waals surface area contributed by atoms with Crippen molar-refractivity contribution in [1.82, 2.24) is 4.90 Å². The van der Waals surface area contributed by atoms with Crippen molar-refractivity contribution in [1.29, 1.82) is 5.26 Å². The molecule has 2 aromatic carbocycles. The zero-order valence-corrected chi connectivity index (χ0v) is 14.8. The molecule has 0 aliphatic carbocycles. The standard InChI is InChI=1S/C16H6Cl4N2O2/c17-11-9-10(12(18)14(20)13(11)19)16(24)22(15(9)23)6-8-3-1-7(5-21)2-4-8/h1-4H,6H2. The third-order valence-electron chi connectivity index (χ3n) is 3.61. The molecule has 0 aromatic heterocycles. The van der Waals surface area contributed by atoms with E-state index in [0.717, 1.165) is 4.90 Å². The maximum absolute atomic E-state index is 12.6. The van der Waals surface area contributed by atoms with Crippen molar-refractivity contribution in [2.45, 2.75) is 6.54 Å². The summed E-state index contributed by atoms with van der Waals surface area (Å²) in [5, 5.41) is 8.48. The molecule has 2 amide bonds. The van der Waals surface area contributed by atoms with E-state index in [4.69, 9.17) is 51.7 Å². The fourth-order valence-corrected chi connectivity index (χ4v) is 3.42. The Morgan fingerprint density at radius 3 is 1.71 bits per heavy atom. The first-order chi connectivity index (χ1) is 11.4. The van der Waals surface area contributed by atoms with Crippen molar-refractivity contribution >= 4 is 58.2 Å². The number of fused-ring (bicyclic) bond motifs is 1. The van der Waals surface area contributed by atoms with Crippen LogP contribution >= 0.6 is 46.4 Å². The van der Waals surface area contributed by atoms with E-state index in [9.17, 15) is 9.59 Å². The molecule has 0 saturated heterocycles. The largest absolute Gasteiger partial charge is 0.270 e. The van der Waals surface area contributed by atoms with Gasteiger partial charge in [0.05, 0.1) is 49.4 Å². The summed E-state index contributed by atoms with van der Waals surface area (Å²) >= 11 is 24.1. The Balaban J connectivity index is 2.03. The molecule has 0 fully saturated rings. The van der Waals surface area contributed by atoms with E-state index < -0.39 is 11.8 Å². The zero-order chi connectivity index (χ0) is 17.6. The van der Waals surface area contributed by atoms with Crippen LogP contribution < -0.4 is 0 Å². The molecule has 0 atom stereocenters. The van der Waals surface area contributed by atoms with E-state index in [-0.39, 0.29) is 37.8 Å². The number of nitrogens with zero attached hydrogens (tertiary/aromatic N) is 2. The molecule has 0 N–H and O–H groups in total. The Hall–Kier alpha value is -1.77. The van der Waals surface area contributed by atoms with Crippen LogP contribution in [0.3, 0.4) is 0 Å². The molecule has 0 unspecified atom stereocenters. The van der Waals surface area contributed by atoms with Gasteiger partial charge in [-0.2, -0.15) is 5.26 Å². The van der Waals surface area contributed by atoms with Gasteiger partial charge in [0.15, 0.2) is 0 Å². The summed E-state index contributed by atoms with van der Waals surface area (Å²) in [4.78, 5) is 26.2. The number of carbonyl (C=O) groups excluding carboxylic acids is 2. The molecule has 3 rings (SSSR count). The Morgan fingerprint density at radius 2 is 1.29 bits per heavy atom. The summed E-state index contributed by atoms with van der Waals surface area (Å²) in [6.07, 6.45) is 0. The molecule has 0 radical (unpaired) electrons. The molecule has 0 saturated carbocycles. The fraction of sp³-hybridized carbons (Fsp3) is 0.0625. The van der Waals surface area contributed by atoms with Gasteiger partial charge in [-0.1, -0.05) is 58.5 Å². The Morgan fingerprint density at radius 1 is 0.833 bits per heavy atom. The predicted molar refractivity (Wildman–Crippen MR) is 91.8 cm³/mol. The topological polar surface area (TPSA) is 61.2 Å². The summed E-state index contributed by atoms with van der Waals surface area (Å²) in [6.45, 7) is 0.0138. The molecule has 0 bridgehead atoms. The van der Waals surface area contributed by atoms with Crippen molar-refractivity contribution in [2.75, 3.05) is 0 Å². The molecule has 0 spiro atoms. The number of rotatable bonds is 2. The molecular weight excluding hydrogens is 394 g/mol. The quantitative estimate of drug-likeness (QED) is 0.407. The van der Waals surface area contributed by atoms with Crippen molar-refractivity contribution < 1.29 is 9.59 Å². The monoisotopic (exact) mass is 398 g/mol. The average molecular weight is 400 g/mol. The minimum atomic E-state index is -0.593. The van der Waals surface area contributed by atoms with Crippen molar-refractivity contribution in [3.8, 4) is 6.07 Å². The second-order valence-electron chi connectivity index (χ2n) is 5.01. The van der Waals surface area contributed by atoms with Gasteiger partial charge < -0.3 is 0 Å². The Kier molecular flexibility index (Phi) is 4.46. The molecule has 120 valence electrons. The third kappa shape index (κ3) is 2.54. The van der Waals surface area contributed by atoms with Gasteiger partial charge in [-0.3, -0.25) is 14.5 Å². The predicted octanol–water partition coefficient (Wildman–Crippen LogP) is 4.97. The van der Waals surface area contributed by atoms with E-state index in [1.807, 2.05) is 6.07 Å². The summed E-state index contributed by atoms with van der Waals surface area (Å²) in [6, 6.07) is 8.51. The summed E-state index contributed by atoms with van der Waals surface area (Å²) < 4.78 is 0. The number of halogens is 4. The van der Waals surface area contributed by atoms with E-state index in [1.54, 1.807) is 24.3 Å². The van der Waals surface area contributed by atoms with E-state index in [0.29, 0.717) is 11.1 Å². The highest BCUT2D eigenvalue weighted by atomic mass is 35.5. The number of carbonyl (C=O) groups is 2. The van der Waals surface area contributed by atoms with E-state index in [1.165, 1.54) is 0 Å². The van der Waals surface area contributed by atoms with Crippen LogP contribution in [-0.4, -0.2) is 16.7 Å². The molecule has 1 heterocycles. The van der Waals surface area contributed by atoms with Crippen molar-refractivity contribution in [2.24, 2.45) is 0 Å². The first-order valence-electron chi connectivity index (χ1n) is 6.58. The average Bonchev–Trinajstić information content (AvgIpc) is 2.83. The molecule has 24 heavy (non-hydrogen) atoms. The number of hydrogen-bond acceptors (Lipinski definition) is 3. The van der Waals surface area contributed by atoms with Crippen LogP contribution in [0, 0.1) is 11.3 Å². The number of imide groups is 1. The smallest absolute Gasteiger partial charge is 0.263 e. The van der Waals surface area contributed by atoms with Crippen molar-refractivity contribution in [3.63, 3.8) is 0 Å². The highest BCUT2D eigenvalue weighted by Gasteiger charge is 2.41. The SMILES string of the molecule is N#Cc1ccc(CN2C(=O)c3c(Cl)c(Cl)c(Cl)c(Cl)c3C2=O)cc1. The van der Waals surface area contributed by atoms with Gasteiger partial charge in [0.1, 0.15) is 0 Å². The first kappa shape index (κ1) is 17.1. The number of amides is 2. The van der Waals surface area contributed by atoms with E-state index >= 15 is 0 Å². The van der Waals surface area contributed by atoms with Crippen LogP contribution in [-0.2, 0) is 6.54 Å². The molecule has 1 aliphatic rings. The van der Waals surface area contributed by atoms with Crippen LogP contribution in [0.25, 0.3) is 0 Å². The van der Waals surface area contributed by atoms with Gasteiger partial charge in [-0.25, -0.2) is 0 Å². The Bertz CT molecular complexity index is 886. The lowest BCUT2D eigenvalue weighted by molar-refractivity contribution is 0.0642. The lowest BCUT2D eigenvalue weighted by atomic mass is 10.1. The number of hydrogen-bond donors (Lipinski definition) is 0. The second-order valence-corrected chi connectivity index (χ2v) is 6.52. The van der Waals surface area contributed by atoms with E-state index in [2.05, 4.69) is 0 Å². The molecule has 2 aromatic rings. The lowest BCUT2D eigenvalue weighted by Crippen LogP contribution is -2.29. The van der Waals surface area contributed by atoms with Crippen LogP contribution in [0.5, 0.6) is 0 Å². The first-order valence-corrected chi connectivity index (χ1v) is 8.09. The Labute approximate surface area is 157 Å². The summed E-state index contributed by atoms with van der Waals surface area (Å²) in [5.74, 6) is -1.19. The summed E-state index contributed by atoms with van der Waals surface area (Å²) in [5.41, 5.74) is 1.06. The van der Waals surface area contributed by atoms with Gasteiger partial charge in [0, 0.05) is 0 Å². The molecular formula is C16H6Cl4N2O2. The second kappa shape index (κ2) is 6.27. The molecule has 1 aliphatic heterocycles. The van der Waals surface area contributed by atoms with Crippen molar-refractivity contribution in [3.05, 3.63) is 66.6 Å². The maximum atomic E-state index is 12.6. The third-order valence-corrected chi connectivity index (χ3v) is 5.41. The van der Waals surface area contributed by atoms with Gasteiger partial charge in [0.25, 0.3) is 11.8 Å². The van der Waals surface area contributed by atoms with Gasteiger partial charge in [-0.15, -0.1) is 0 Å². The van der Waals surface area contributed by atoms with Crippen LogP contribution in [0.15, 0.2) is 24.3 Å². The molecule has 4 nitrogen and oxygen atoms in total. The minimum Gasteiger partial charge on any atom is -0.270 e. The number of benzene rings is 2. The molecule has 8 heteroatoms.